The van der Waals surface area contributed by atoms with E-state index in [9.17, 15) is 23.5 Å². The highest BCUT2D eigenvalue weighted by molar-refractivity contribution is 5.97. The Morgan fingerprint density at radius 3 is 2.58 bits per heavy atom. The summed E-state index contributed by atoms with van der Waals surface area (Å²) in [6.07, 6.45) is -1.65. The average Bonchev–Trinajstić information content (AvgIpc) is 2.71. The Hall–Kier alpha value is -3.04. The van der Waals surface area contributed by atoms with E-state index in [1.807, 2.05) is 30.3 Å². The van der Waals surface area contributed by atoms with Gasteiger partial charge in [-0.2, -0.15) is 0 Å². The van der Waals surface area contributed by atoms with Crippen molar-refractivity contribution in [2.75, 3.05) is 6.61 Å². The molecule has 0 aliphatic carbocycles. The summed E-state index contributed by atoms with van der Waals surface area (Å²) < 4.78 is 39.3. The molecular formula is C24H28F2N2O5. The molecule has 33 heavy (non-hydrogen) atoms. The predicted molar refractivity (Wildman–Crippen MR) is 117 cm³/mol. The summed E-state index contributed by atoms with van der Waals surface area (Å²) >= 11 is 0. The topological polar surface area (TPSA) is 96.9 Å². The van der Waals surface area contributed by atoms with Crippen LogP contribution in [0.15, 0.2) is 42.5 Å². The molecule has 178 valence electrons. The molecule has 1 heterocycles. The zero-order valence-corrected chi connectivity index (χ0v) is 18.7. The molecule has 0 radical (unpaired) electrons. The number of nitrogens with one attached hydrogen (secondary N) is 2. The summed E-state index contributed by atoms with van der Waals surface area (Å²) in [5, 5.41) is 15.3. The van der Waals surface area contributed by atoms with Gasteiger partial charge in [0.25, 0.3) is 5.91 Å². The molecule has 0 saturated carbocycles. The number of carbonyl (C=O) groups is 2. The van der Waals surface area contributed by atoms with E-state index in [4.69, 9.17) is 9.47 Å². The van der Waals surface area contributed by atoms with Crippen LogP contribution >= 0.6 is 0 Å². The quantitative estimate of drug-likeness (QED) is 0.588. The fourth-order valence-corrected chi connectivity index (χ4v) is 3.74. The minimum atomic E-state index is -0.964. The number of fused-ring (bicyclic) bond motifs is 1. The van der Waals surface area contributed by atoms with Gasteiger partial charge in [-0.3, -0.25) is 4.79 Å². The maximum atomic E-state index is 14.2. The van der Waals surface area contributed by atoms with Gasteiger partial charge in [0.05, 0.1) is 30.9 Å². The van der Waals surface area contributed by atoms with E-state index in [1.54, 1.807) is 20.8 Å². The van der Waals surface area contributed by atoms with Crippen LogP contribution in [0.1, 0.15) is 42.3 Å². The number of hydrogen-bond acceptors (Lipinski definition) is 5. The first-order valence-corrected chi connectivity index (χ1v) is 10.6. The van der Waals surface area contributed by atoms with E-state index in [0.29, 0.717) is 6.07 Å². The van der Waals surface area contributed by atoms with Gasteiger partial charge < -0.3 is 25.2 Å². The number of aliphatic hydroxyl groups excluding tert-OH is 1. The molecule has 1 aliphatic heterocycles. The molecule has 3 atom stereocenters. The van der Waals surface area contributed by atoms with Crippen molar-refractivity contribution in [1.29, 1.82) is 0 Å². The lowest BCUT2D eigenvalue weighted by atomic mass is 9.89. The molecule has 2 amide bonds. The fraction of sp³-hybridized carbons (Fsp3) is 0.417. The molecule has 0 spiro atoms. The van der Waals surface area contributed by atoms with E-state index in [2.05, 4.69) is 10.6 Å². The zero-order chi connectivity index (χ0) is 24.2. The van der Waals surface area contributed by atoms with Crippen LogP contribution in [0, 0.1) is 11.6 Å². The average molecular weight is 462 g/mol. The van der Waals surface area contributed by atoms with Crippen molar-refractivity contribution in [3.8, 4) is 0 Å². The van der Waals surface area contributed by atoms with E-state index >= 15 is 0 Å². The van der Waals surface area contributed by atoms with E-state index in [1.165, 1.54) is 0 Å². The normalized spacial score (nSPS) is 17.5. The standard InChI is InChI=1S/C24H28F2N2O5/c1-24(2,3)33-23(31)28-19(12-29)21(32-13-14-7-5-4-6-8-14)18-10-15-9-16(25)11-17(26)20(15)22(30)27-18/h4-9,11,18-19,21,29H,10,12-13H2,1-3H3,(H,27,30)(H,28,31)/t18-,19+,21-/m0/s1. The fourth-order valence-electron chi connectivity index (χ4n) is 3.74. The van der Waals surface area contributed by atoms with Crippen molar-refractivity contribution in [3.05, 3.63) is 70.8 Å². The molecule has 3 N–H and O–H groups in total. The molecule has 0 unspecified atom stereocenters. The van der Waals surface area contributed by atoms with Gasteiger partial charge in [0.2, 0.25) is 0 Å². The number of hydrogen-bond donors (Lipinski definition) is 3. The molecule has 2 aromatic rings. The second kappa shape index (κ2) is 10.3. The molecule has 2 aromatic carbocycles. The molecule has 9 heteroatoms. The lowest BCUT2D eigenvalue weighted by Gasteiger charge is -2.36. The maximum Gasteiger partial charge on any atom is 0.408 e. The van der Waals surface area contributed by atoms with Crippen molar-refractivity contribution in [2.24, 2.45) is 0 Å². The Balaban J connectivity index is 1.87. The van der Waals surface area contributed by atoms with Gasteiger partial charge in [-0.1, -0.05) is 30.3 Å². The second-order valence-corrected chi connectivity index (χ2v) is 8.90. The minimum absolute atomic E-state index is 0.0434. The number of rotatable bonds is 7. The van der Waals surface area contributed by atoms with Crippen LogP contribution in [-0.4, -0.2) is 47.5 Å². The lowest BCUT2D eigenvalue weighted by molar-refractivity contribution is -0.0260. The van der Waals surface area contributed by atoms with Crippen LogP contribution in [0.5, 0.6) is 0 Å². The number of carbonyl (C=O) groups excluding carboxylic acids is 2. The first-order valence-electron chi connectivity index (χ1n) is 10.6. The lowest BCUT2D eigenvalue weighted by Crippen LogP contribution is -2.59. The second-order valence-electron chi connectivity index (χ2n) is 8.90. The third-order valence-corrected chi connectivity index (χ3v) is 5.10. The molecule has 0 aromatic heterocycles. The van der Waals surface area contributed by atoms with Gasteiger partial charge in [0.15, 0.2) is 0 Å². The first kappa shape index (κ1) is 24.6. The molecular weight excluding hydrogens is 434 g/mol. The Morgan fingerprint density at radius 1 is 1.24 bits per heavy atom. The molecule has 1 aliphatic rings. The van der Waals surface area contributed by atoms with Gasteiger partial charge >= 0.3 is 6.09 Å². The summed E-state index contributed by atoms with van der Waals surface area (Å²) in [7, 11) is 0. The third kappa shape index (κ3) is 6.49. The minimum Gasteiger partial charge on any atom is -0.444 e. The summed E-state index contributed by atoms with van der Waals surface area (Å²) in [5.41, 5.74) is 0.0204. The van der Waals surface area contributed by atoms with E-state index in [0.717, 1.165) is 11.6 Å². The largest absolute Gasteiger partial charge is 0.444 e. The van der Waals surface area contributed by atoms with Crippen LogP contribution in [0.4, 0.5) is 13.6 Å². The van der Waals surface area contributed by atoms with Gasteiger partial charge in [-0.25, -0.2) is 13.6 Å². The first-order chi connectivity index (χ1) is 15.6. The Bertz CT molecular complexity index is 994. The Morgan fingerprint density at radius 2 is 1.94 bits per heavy atom. The van der Waals surface area contributed by atoms with Crippen LogP contribution in [0.2, 0.25) is 0 Å². The van der Waals surface area contributed by atoms with Crippen molar-refractivity contribution in [3.63, 3.8) is 0 Å². The number of aliphatic hydroxyl groups is 1. The SMILES string of the molecule is CC(C)(C)OC(=O)N[C@H](CO)[C@@H](OCc1ccccc1)[C@@H]1Cc2cc(F)cc(F)c2C(=O)N1. The highest BCUT2D eigenvalue weighted by Crippen LogP contribution is 2.25. The van der Waals surface area contributed by atoms with Crippen LogP contribution < -0.4 is 10.6 Å². The summed E-state index contributed by atoms with van der Waals surface area (Å²) in [5.74, 6) is -2.47. The summed E-state index contributed by atoms with van der Waals surface area (Å²) in [6, 6.07) is 9.22. The highest BCUT2D eigenvalue weighted by atomic mass is 19.1. The number of benzene rings is 2. The van der Waals surface area contributed by atoms with Crippen molar-refractivity contribution < 1.29 is 33.0 Å². The summed E-state index contributed by atoms with van der Waals surface area (Å²) in [6.45, 7) is 4.70. The van der Waals surface area contributed by atoms with Crippen molar-refractivity contribution in [2.45, 2.75) is 57.6 Å². The molecule has 3 rings (SSSR count). The van der Waals surface area contributed by atoms with Gasteiger partial charge in [-0.05, 0) is 44.4 Å². The van der Waals surface area contributed by atoms with Gasteiger partial charge in [-0.15, -0.1) is 0 Å². The van der Waals surface area contributed by atoms with Crippen LogP contribution in [-0.2, 0) is 22.5 Å². The number of halogens is 2. The smallest absolute Gasteiger partial charge is 0.408 e. The summed E-state index contributed by atoms with van der Waals surface area (Å²) in [4.78, 5) is 25.0. The highest BCUT2D eigenvalue weighted by Gasteiger charge is 2.38. The van der Waals surface area contributed by atoms with E-state index in [-0.39, 0.29) is 24.2 Å². The molecule has 7 nitrogen and oxygen atoms in total. The number of alkyl carbamates (subject to hydrolysis) is 1. The Labute approximate surface area is 191 Å². The van der Waals surface area contributed by atoms with Gasteiger partial charge in [0.1, 0.15) is 23.3 Å². The molecule has 0 bridgehead atoms. The van der Waals surface area contributed by atoms with Crippen molar-refractivity contribution in [1.82, 2.24) is 10.6 Å². The maximum absolute atomic E-state index is 14.2. The van der Waals surface area contributed by atoms with Gasteiger partial charge in [0, 0.05) is 6.07 Å². The number of amides is 2. The molecule has 0 fully saturated rings. The van der Waals surface area contributed by atoms with E-state index < -0.39 is 54.0 Å². The van der Waals surface area contributed by atoms with Crippen LogP contribution in [0.25, 0.3) is 0 Å². The monoisotopic (exact) mass is 462 g/mol. The Kier molecular flexibility index (Phi) is 7.65. The zero-order valence-electron chi connectivity index (χ0n) is 18.7. The van der Waals surface area contributed by atoms with Crippen LogP contribution in [0.3, 0.4) is 0 Å². The number of ether oxygens (including phenoxy) is 2. The van der Waals surface area contributed by atoms with Crippen molar-refractivity contribution >= 4 is 12.0 Å². The third-order valence-electron chi connectivity index (χ3n) is 5.10. The predicted octanol–water partition coefficient (Wildman–Crippen LogP) is 3.09. The molecule has 0 saturated heterocycles.